The third-order valence-electron chi connectivity index (χ3n) is 4.62. The van der Waals surface area contributed by atoms with Gasteiger partial charge in [0.15, 0.2) is 5.17 Å². The first-order valence-corrected chi connectivity index (χ1v) is 9.93. The maximum atomic E-state index is 12.5. The number of carbonyl (C=O) groups is 1. The van der Waals surface area contributed by atoms with Crippen molar-refractivity contribution in [1.82, 2.24) is 9.88 Å². The predicted octanol–water partition coefficient (Wildman–Crippen LogP) is 5.29. The van der Waals surface area contributed by atoms with Gasteiger partial charge in [0.05, 0.1) is 10.6 Å². The molecule has 1 aliphatic heterocycles. The number of thioether (sulfide) groups is 1. The van der Waals surface area contributed by atoms with Crippen molar-refractivity contribution in [3.05, 3.63) is 88.1 Å². The molecule has 0 atom stereocenters. The highest BCUT2D eigenvalue weighted by Gasteiger charge is 2.24. The molecule has 0 saturated carbocycles. The van der Waals surface area contributed by atoms with Crippen LogP contribution in [0.3, 0.4) is 0 Å². The highest BCUT2D eigenvalue weighted by molar-refractivity contribution is 8.18. The molecule has 0 radical (unpaired) electrons. The van der Waals surface area contributed by atoms with Crippen molar-refractivity contribution in [2.45, 2.75) is 20.8 Å². The number of nitrogens with one attached hydrogen (secondary N) is 1. The Morgan fingerprint density at radius 1 is 1.00 bits per heavy atom. The molecule has 1 fully saturated rings. The molecule has 1 saturated heterocycles. The summed E-state index contributed by atoms with van der Waals surface area (Å²) in [7, 11) is 0. The molecule has 4 rings (SSSR count). The molecule has 1 aliphatic rings. The summed E-state index contributed by atoms with van der Waals surface area (Å²) in [5, 5.41) is 3.49. The van der Waals surface area contributed by atoms with Crippen molar-refractivity contribution >= 4 is 34.6 Å². The van der Waals surface area contributed by atoms with E-state index in [9.17, 15) is 4.79 Å². The van der Waals surface area contributed by atoms with Crippen LogP contribution in [-0.2, 0) is 4.79 Å². The molecule has 0 spiro atoms. The van der Waals surface area contributed by atoms with Gasteiger partial charge in [-0.05, 0) is 74.5 Å². The average Bonchev–Trinajstić information content (AvgIpc) is 3.21. The lowest BCUT2D eigenvalue weighted by Crippen LogP contribution is -2.19. The lowest BCUT2D eigenvalue weighted by atomic mass is 10.1. The summed E-state index contributed by atoms with van der Waals surface area (Å²) < 4.78 is 2.14. The third-order valence-corrected chi connectivity index (χ3v) is 5.53. The molecule has 140 valence electrons. The van der Waals surface area contributed by atoms with Gasteiger partial charge in [0.25, 0.3) is 5.91 Å². The fraction of sp³-hybridized carbons (Fsp3) is 0.130. The summed E-state index contributed by atoms with van der Waals surface area (Å²) >= 11 is 1.37. The summed E-state index contributed by atoms with van der Waals surface area (Å²) in [6.07, 6.45) is 1.92. The topological polar surface area (TPSA) is 46.4 Å². The normalized spacial score (nSPS) is 16.8. The quantitative estimate of drug-likeness (QED) is 0.620. The van der Waals surface area contributed by atoms with Gasteiger partial charge in [-0.15, -0.1) is 0 Å². The first-order chi connectivity index (χ1) is 13.5. The first-order valence-electron chi connectivity index (χ1n) is 9.12. The number of aliphatic imine (C=N–C) groups is 1. The molecular weight excluding hydrogens is 366 g/mol. The lowest BCUT2D eigenvalue weighted by molar-refractivity contribution is -0.115. The van der Waals surface area contributed by atoms with Gasteiger partial charge < -0.3 is 9.88 Å². The van der Waals surface area contributed by atoms with Crippen LogP contribution >= 0.6 is 11.8 Å². The summed E-state index contributed by atoms with van der Waals surface area (Å²) in [5.41, 5.74) is 6.32. The lowest BCUT2D eigenvalue weighted by Gasteiger charge is -2.09. The number of amides is 1. The maximum absolute atomic E-state index is 12.5. The van der Waals surface area contributed by atoms with Gasteiger partial charge >= 0.3 is 0 Å². The van der Waals surface area contributed by atoms with Crippen molar-refractivity contribution in [2.24, 2.45) is 4.99 Å². The second kappa shape index (κ2) is 7.52. The molecule has 1 amide bonds. The van der Waals surface area contributed by atoms with E-state index in [4.69, 9.17) is 0 Å². The molecule has 0 aliphatic carbocycles. The Morgan fingerprint density at radius 2 is 1.79 bits per heavy atom. The van der Waals surface area contributed by atoms with Crippen LogP contribution in [-0.4, -0.2) is 15.6 Å². The Labute approximate surface area is 169 Å². The smallest absolute Gasteiger partial charge is 0.264 e. The molecule has 4 nitrogen and oxygen atoms in total. The number of amidine groups is 1. The van der Waals surface area contributed by atoms with Crippen LogP contribution in [0.1, 0.15) is 22.5 Å². The predicted molar refractivity (Wildman–Crippen MR) is 117 cm³/mol. The molecule has 28 heavy (non-hydrogen) atoms. The van der Waals surface area contributed by atoms with Crippen molar-refractivity contribution < 1.29 is 4.79 Å². The number of nitrogens with zero attached hydrogens (tertiary/aromatic N) is 2. The minimum Gasteiger partial charge on any atom is -0.314 e. The summed E-state index contributed by atoms with van der Waals surface area (Å²) in [4.78, 5) is 17.7. The van der Waals surface area contributed by atoms with Gasteiger partial charge in [-0.25, -0.2) is 4.99 Å². The van der Waals surface area contributed by atoms with E-state index in [1.165, 1.54) is 17.3 Å². The molecular formula is C23H21N3OS. The van der Waals surface area contributed by atoms with Crippen LogP contribution in [0.4, 0.5) is 5.69 Å². The van der Waals surface area contributed by atoms with Gasteiger partial charge in [-0.2, -0.15) is 0 Å². The van der Waals surface area contributed by atoms with E-state index in [-0.39, 0.29) is 5.91 Å². The van der Waals surface area contributed by atoms with Crippen molar-refractivity contribution in [1.29, 1.82) is 0 Å². The van der Waals surface area contributed by atoms with E-state index in [0.717, 1.165) is 28.3 Å². The molecule has 0 unspecified atom stereocenters. The zero-order chi connectivity index (χ0) is 19.7. The minimum absolute atomic E-state index is 0.119. The van der Waals surface area contributed by atoms with Crippen LogP contribution in [0.25, 0.3) is 11.8 Å². The highest BCUT2D eigenvalue weighted by atomic mass is 32.2. The number of hydrogen-bond donors (Lipinski definition) is 1. The highest BCUT2D eigenvalue weighted by Crippen LogP contribution is 2.30. The molecule has 1 N–H and O–H groups in total. The van der Waals surface area contributed by atoms with E-state index in [1.807, 2.05) is 49.4 Å². The van der Waals surface area contributed by atoms with Gasteiger partial charge in [-0.1, -0.05) is 35.9 Å². The van der Waals surface area contributed by atoms with Gasteiger partial charge in [0, 0.05) is 17.1 Å². The maximum Gasteiger partial charge on any atom is 0.264 e. The summed E-state index contributed by atoms with van der Waals surface area (Å²) in [6, 6.07) is 20.3. The monoisotopic (exact) mass is 387 g/mol. The average molecular weight is 388 g/mol. The van der Waals surface area contributed by atoms with Crippen LogP contribution in [0.2, 0.25) is 0 Å². The Bertz CT molecular complexity index is 1110. The minimum atomic E-state index is -0.119. The van der Waals surface area contributed by atoms with Crippen molar-refractivity contribution in [3.63, 3.8) is 0 Å². The zero-order valence-corrected chi connectivity index (χ0v) is 16.9. The molecule has 0 bridgehead atoms. The van der Waals surface area contributed by atoms with Gasteiger partial charge in [0.1, 0.15) is 0 Å². The summed E-state index contributed by atoms with van der Waals surface area (Å²) in [6.45, 7) is 6.14. The van der Waals surface area contributed by atoms with Crippen LogP contribution in [0.15, 0.2) is 70.6 Å². The fourth-order valence-corrected chi connectivity index (χ4v) is 4.08. The molecule has 2 heterocycles. The number of aryl methyl sites for hydroxylation is 3. The summed E-state index contributed by atoms with van der Waals surface area (Å²) in [5.74, 6) is -0.119. The van der Waals surface area contributed by atoms with Crippen LogP contribution < -0.4 is 5.32 Å². The number of carbonyl (C=O) groups excluding carboxylic acids is 1. The van der Waals surface area contributed by atoms with E-state index in [2.05, 4.69) is 53.0 Å². The zero-order valence-electron chi connectivity index (χ0n) is 16.1. The number of rotatable bonds is 3. The SMILES string of the molecule is Cc1ccc(N=C2NC(=O)/C(=C/c3ccc(C)n3-c3ccccc3)S2)c(C)c1. The van der Waals surface area contributed by atoms with Crippen LogP contribution in [0.5, 0.6) is 0 Å². The van der Waals surface area contributed by atoms with Gasteiger partial charge in [0.2, 0.25) is 0 Å². The van der Waals surface area contributed by atoms with Crippen molar-refractivity contribution in [2.75, 3.05) is 0 Å². The Morgan fingerprint density at radius 3 is 2.54 bits per heavy atom. The Hall–Kier alpha value is -3.05. The molecule has 5 heteroatoms. The number of benzene rings is 2. The van der Waals surface area contributed by atoms with E-state index in [0.29, 0.717) is 10.1 Å². The standard InChI is InChI=1S/C23H21N3OS/c1-15-9-12-20(16(2)13-15)24-23-25-22(27)21(28-23)14-19-11-10-17(3)26(19)18-7-5-4-6-8-18/h4-14H,1-3H3,(H,24,25,27)/b21-14-. The number of para-hydroxylation sites is 1. The van der Waals surface area contributed by atoms with E-state index < -0.39 is 0 Å². The number of aromatic nitrogens is 1. The molecule has 3 aromatic rings. The fourth-order valence-electron chi connectivity index (χ4n) is 3.26. The molecule has 2 aromatic carbocycles. The number of hydrogen-bond acceptors (Lipinski definition) is 3. The van der Waals surface area contributed by atoms with Crippen LogP contribution in [0, 0.1) is 20.8 Å². The Balaban J connectivity index is 1.66. The second-order valence-electron chi connectivity index (χ2n) is 6.84. The first kappa shape index (κ1) is 18.3. The molecule has 1 aromatic heterocycles. The Kier molecular flexibility index (Phi) is 4.92. The van der Waals surface area contributed by atoms with E-state index in [1.54, 1.807) is 0 Å². The van der Waals surface area contributed by atoms with Crippen molar-refractivity contribution in [3.8, 4) is 5.69 Å². The third kappa shape index (κ3) is 3.66. The van der Waals surface area contributed by atoms with Gasteiger partial charge in [-0.3, -0.25) is 4.79 Å². The van der Waals surface area contributed by atoms with E-state index >= 15 is 0 Å². The second-order valence-corrected chi connectivity index (χ2v) is 7.87. The largest absolute Gasteiger partial charge is 0.314 e.